The minimum absolute atomic E-state index is 0.280. The monoisotopic (exact) mass is 631 g/mol. The van der Waals surface area contributed by atoms with Crippen LogP contribution in [0.15, 0.2) is 95.9 Å². The van der Waals surface area contributed by atoms with Crippen molar-refractivity contribution in [3.63, 3.8) is 0 Å². The number of ether oxygens (including phenoxy) is 1. The lowest BCUT2D eigenvalue weighted by Crippen LogP contribution is -2.28. The molecular weight excluding hydrogens is 598 g/mol. The summed E-state index contributed by atoms with van der Waals surface area (Å²) in [6, 6.07) is 29.8. The fourth-order valence-corrected chi connectivity index (χ4v) is 7.68. The van der Waals surface area contributed by atoms with Crippen molar-refractivity contribution in [3.05, 3.63) is 107 Å². The fourth-order valence-electron chi connectivity index (χ4n) is 5.79. The van der Waals surface area contributed by atoms with Gasteiger partial charge in [0.2, 0.25) is 0 Å². The van der Waals surface area contributed by atoms with Crippen LogP contribution in [0.3, 0.4) is 0 Å². The summed E-state index contributed by atoms with van der Waals surface area (Å²) in [5, 5.41) is 5.75. The third kappa shape index (κ3) is 6.58. The number of likely N-dealkylation sites (tertiary alicyclic amines) is 1. The van der Waals surface area contributed by atoms with Crippen LogP contribution in [0.1, 0.15) is 43.0 Å². The Bertz CT molecular complexity index is 1850. The van der Waals surface area contributed by atoms with Crippen molar-refractivity contribution >= 4 is 32.8 Å². The van der Waals surface area contributed by atoms with Gasteiger partial charge < -0.3 is 4.74 Å². The van der Waals surface area contributed by atoms with Crippen LogP contribution >= 0.6 is 22.9 Å². The molecule has 1 fully saturated rings. The Morgan fingerprint density at radius 3 is 2.56 bits per heavy atom. The first-order valence-corrected chi connectivity index (χ1v) is 17.5. The Labute approximate surface area is 262 Å². The molecule has 0 bridgehead atoms. The maximum absolute atomic E-state index is 12.2. The number of hydrogen-bond donors (Lipinski definition) is 0. The van der Waals surface area contributed by atoms with Gasteiger partial charge in [0.25, 0.3) is 0 Å². The van der Waals surface area contributed by atoms with E-state index in [1.807, 2.05) is 47.1 Å². The van der Waals surface area contributed by atoms with Crippen molar-refractivity contribution in [2.24, 2.45) is 0 Å². The van der Waals surface area contributed by atoms with E-state index >= 15 is 0 Å². The van der Waals surface area contributed by atoms with Gasteiger partial charge in [-0.05, 0) is 85.1 Å². The zero-order valence-corrected chi connectivity index (χ0v) is 26.6. The van der Waals surface area contributed by atoms with Crippen molar-refractivity contribution in [3.8, 4) is 32.4 Å². The molecule has 222 valence electrons. The van der Waals surface area contributed by atoms with Crippen LogP contribution in [-0.2, 0) is 16.4 Å². The maximum atomic E-state index is 12.2. The Kier molecular flexibility index (Phi) is 8.73. The summed E-state index contributed by atoms with van der Waals surface area (Å²) in [6.07, 6.45) is 5.88. The highest BCUT2D eigenvalue weighted by Crippen LogP contribution is 2.38. The average molecular weight is 632 g/mol. The molecule has 1 saturated heterocycles. The molecule has 1 aliphatic heterocycles. The van der Waals surface area contributed by atoms with E-state index in [1.165, 1.54) is 24.7 Å². The maximum Gasteiger partial charge on any atom is 0.175 e. The molecule has 0 saturated carbocycles. The molecule has 6 nitrogen and oxygen atoms in total. The number of benzene rings is 3. The molecule has 2 aromatic heterocycles. The van der Waals surface area contributed by atoms with Gasteiger partial charge in [-0.1, -0.05) is 60.8 Å². The van der Waals surface area contributed by atoms with Gasteiger partial charge in [0.1, 0.15) is 5.75 Å². The highest BCUT2D eigenvalue weighted by molar-refractivity contribution is 7.90. The Morgan fingerprint density at radius 1 is 0.930 bits per heavy atom. The van der Waals surface area contributed by atoms with E-state index in [9.17, 15) is 8.42 Å². The minimum Gasteiger partial charge on any atom is -0.497 e. The lowest BCUT2D eigenvalue weighted by molar-refractivity contribution is 0.189. The van der Waals surface area contributed by atoms with Crippen molar-refractivity contribution < 1.29 is 13.2 Å². The zero-order chi connectivity index (χ0) is 30.0. The lowest BCUT2D eigenvalue weighted by Gasteiger charge is -2.30. The van der Waals surface area contributed by atoms with Crippen molar-refractivity contribution in [1.82, 2.24) is 14.7 Å². The van der Waals surface area contributed by atoms with Gasteiger partial charge in [-0.3, -0.25) is 4.90 Å². The fraction of sp³-hybridized carbons (Fsp3) is 0.265. The molecule has 43 heavy (non-hydrogen) atoms. The molecule has 0 amide bonds. The van der Waals surface area contributed by atoms with Gasteiger partial charge in [0.15, 0.2) is 9.84 Å². The van der Waals surface area contributed by atoms with Crippen LogP contribution in [0.25, 0.3) is 26.7 Å². The van der Waals surface area contributed by atoms with E-state index in [2.05, 4.69) is 35.2 Å². The first-order chi connectivity index (χ1) is 20.8. The molecule has 3 aromatic carbocycles. The molecule has 0 radical (unpaired) electrons. The summed E-state index contributed by atoms with van der Waals surface area (Å²) in [5.74, 6) is 0.877. The third-order valence-corrected chi connectivity index (χ3v) is 10.5. The molecule has 1 aliphatic rings. The highest BCUT2D eigenvalue weighted by Gasteiger charge is 2.25. The smallest absolute Gasteiger partial charge is 0.175 e. The predicted octanol–water partition coefficient (Wildman–Crippen LogP) is 8.45. The standard InChI is InChI=1S/C34H34ClN3O3S2/c1-41-27-12-8-10-24(20-27)30-15-4-3-7-19-37(30)23-26-22-32(38(36-26)31-16-6-5-14-29(31)35)34-18-17-33(42-34)25-11-9-13-28(21-25)43(2,39)40/h5-6,8-14,16-18,20-22,30H,3-4,7,15,19,23H2,1-2H3. The Hall–Kier alpha value is -3.43. The number of rotatable bonds is 8. The molecule has 9 heteroatoms. The molecule has 0 spiro atoms. The number of para-hydroxylation sites is 1. The molecule has 1 unspecified atom stereocenters. The molecule has 3 heterocycles. The molecule has 6 rings (SSSR count). The molecule has 0 N–H and O–H groups in total. The predicted molar refractivity (Wildman–Crippen MR) is 175 cm³/mol. The van der Waals surface area contributed by atoms with Crippen LogP contribution < -0.4 is 4.74 Å². The number of aromatic nitrogens is 2. The normalized spacial score (nSPS) is 16.2. The number of halogens is 1. The SMILES string of the molecule is COc1cccc(C2CCCCCN2Cc2cc(-c3ccc(-c4cccc(S(C)(=O)=O)c4)s3)n(-c3ccccc3Cl)n2)c1. The average Bonchev–Trinajstić information content (AvgIpc) is 3.59. The van der Waals surface area contributed by atoms with Gasteiger partial charge in [0.05, 0.1) is 39.0 Å². The summed E-state index contributed by atoms with van der Waals surface area (Å²) in [4.78, 5) is 4.87. The largest absolute Gasteiger partial charge is 0.497 e. The van der Waals surface area contributed by atoms with Crippen molar-refractivity contribution in [2.45, 2.75) is 43.2 Å². The second-order valence-electron chi connectivity index (χ2n) is 11.0. The summed E-state index contributed by atoms with van der Waals surface area (Å²) < 4.78 is 31.8. The van der Waals surface area contributed by atoms with Crippen LogP contribution in [0.2, 0.25) is 5.02 Å². The van der Waals surface area contributed by atoms with Gasteiger partial charge in [0, 0.05) is 23.7 Å². The molecule has 1 atom stereocenters. The molecular formula is C34H34ClN3O3S2. The van der Waals surface area contributed by atoms with Crippen molar-refractivity contribution in [1.29, 1.82) is 0 Å². The van der Waals surface area contributed by atoms with E-state index in [1.54, 1.807) is 36.6 Å². The molecule has 0 aliphatic carbocycles. The first kappa shape index (κ1) is 29.6. The second kappa shape index (κ2) is 12.7. The van der Waals surface area contributed by atoms with Crippen LogP contribution in [0.5, 0.6) is 5.75 Å². The number of nitrogens with zero attached hydrogens (tertiary/aromatic N) is 3. The molecule has 5 aromatic rings. The van der Waals surface area contributed by atoms with Gasteiger partial charge in [-0.15, -0.1) is 11.3 Å². The van der Waals surface area contributed by atoms with E-state index in [4.69, 9.17) is 21.4 Å². The van der Waals surface area contributed by atoms with Crippen LogP contribution in [-0.4, -0.2) is 43.0 Å². The third-order valence-electron chi connectivity index (χ3n) is 7.95. The van der Waals surface area contributed by atoms with Gasteiger partial charge in [-0.25, -0.2) is 13.1 Å². The minimum atomic E-state index is -3.30. The van der Waals surface area contributed by atoms with Gasteiger partial charge >= 0.3 is 0 Å². The summed E-state index contributed by atoms with van der Waals surface area (Å²) >= 11 is 8.31. The summed E-state index contributed by atoms with van der Waals surface area (Å²) in [5.41, 5.74) is 4.88. The quantitative estimate of drug-likeness (QED) is 0.172. The Morgan fingerprint density at radius 2 is 1.74 bits per heavy atom. The van der Waals surface area contributed by atoms with Crippen molar-refractivity contribution in [2.75, 3.05) is 19.9 Å². The van der Waals surface area contributed by atoms with E-state index in [-0.39, 0.29) is 6.04 Å². The Balaban J connectivity index is 1.38. The number of sulfone groups is 1. The zero-order valence-electron chi connectivity index (χ0n) is 24.2. The lowest BCUT2D eigenvalue weighted by atomic mass is 10.0. The second-order valence-corrected chi connectivity index (χ2v) is 14.5. The highest BCUT2D eigenvalue weighted by atomic mass is 35.5. The number of methoxy groups -OCH3 is 1. The number of thiophene rings is 1. The summed E-state index contributed by atoms with van der Waals surface area (Å²) in [7, 11) is -1.59. The van der Waals surface area contributed by atoms with Gasteiger partial charge in [-0.2, -0.15) is 5.10 Å². The van der Waals surface area contributed by atoms with E-state index in [0.717, 1.165) is 57.5 Å². The van der Waals surface area contributed by atoms with E-state index in [0.29, 0.717) is 16.5 Å². The first-order valence-electron chi connectivity index (χ1n) is 14.4. The topological polar surface area (TPSA) is 64.4 Å². The number of hydrogen-bond acceptors (Lipinski definition) is 6. The van der Waals surface area contributed by atoms with E-state index < -0.39 is 9.84 Å². The van der Waals surface area contributed by atoms with Crippen LogP contribution in [0, 0.1) is 0 Å². The summed E-state index contributed by atoms with van der Waals surface area (Å²) in [6.45, 7) is 1.71. The van der Waals surface area contributed by atoms with Crippen LogP contribution in [0.4, 0.5) is 0 Å².